The lowest BCUT2D eigenvalue weighted by atomic mass is 10.1. The first-order chi connectivity index (χ1) is 9.09. The smallest absolute Gasteiger partial charge is 0.251 e. The minimum Gasteiger partial charge on any atom is -0.386 e. The molecule has 1 aromatic heterocycles. The summed E-state index contributed by atoms with van der Waals surface area (Å²) in [7, 11) is 0. The number of hydrogen-bond acceptors (Lipinski definition) is 3. The number of nitrogens with one attached hydrogen (secondary N) is 1. The van der Waals surface area contributed by atoms with Crippen LogP contribution in [0.5, 0.6) is 0 Å². The molecule has 100 valence electrons. The van der Waals surface area contributed by atoms with Gasteiger partial charge in [-0.1, -0.05) is 18.2 Å². The lowest BCUT2D eigenvalue weighted by Gasteiger charge is -2.12. The van der Waals surface area contributed by atoms with E-state index in [0.29, 0.717) is 5.56 Å². The van der Waals surface area contributed by atoms with Crippen molar-refractivity contribution in [2.75, 3.05) is 6.54 Å². The molecule has 1 amide bonds. The van der Waals surface area contributed by atoms with Crippen molar-refractivity contribution in [3.63, 3.8) is 0 Å². The van der Waals surface area contributed by atoms with E-state index in [1.807, 2.05) is 43.5 Å². The molecule has 0 bridgehead atoms. The number of aryl methyl sites for hydroxylation is 2. The van der Waals surface area contributed by atoms with E-state index in [-0.39, 0.29) is 12.5 Å². The Morgan fingerprint density at radius 3 is 2.63 bits per heavy atom. The Balaban J connectivity index is 1.98. The molecule has 3 nitrogen and oxygen atoms in total. The van der Waals surface area contributed by atoms with Crippen molar-refractivity contribution in [1.82, 2.24) is 5.32 Å². The molecular weight excluding hydrogens is 258 g/mol. The highest BCUT2D eigenvalue weighted by atomic mass is 32.1. The average molecular weight is 275 g/mol. The van der Waals surface area contributed by atoms with Crippen LogP contribution in [0.3, 0.4) is 0 Å². The second kappa shape index (κ2) is 5.99. The topological polar surface area (TPSA) is 49.3 Å². The third kappa shape index (κ3) is 3.22. The fraction of sp³-hybridized carbons (Fsp3) is 0.267. The summed E-state index contributed by atoms with van der Waals surface area (Å²) in [5, 5.41) is 14.8. The summed E-state index contributed by atoms with van der Waals surface area (Å²) in [6.45, 7) is 4.08. The van der Waals surface area contributed by atoms with Crippen molar-refractivity contribution in [3.8, 4) is 0 Å². The van der Waals surface area contributed by atoms with Crippen LogP contribution in [0.25, 0.3) is 0 Å². The van der Waals surface area contributed by atoms with Crippen LogP contribution in [0.1, 0.15) is 32.5 Å². The standard InChI is InChI=1S/C15H17NO2S/c1-10-5-3-4-6-12(10)15(18)16-9-13(17)14-11(2)7-8-19-14/h3-8,13,17H,9H2,1-2H3,(H,16,18). The van der Waals surface area contributed by atoms with Crippen LogP contribution in [0, 0.1) is 13.8 Å². The molecule has 1 aromatic carbocycles. The maximum atomic E-state index is 12.0. The summed E-state index contributed by atoms with van der Waals surface area (Å²) >= 11 is 1.51. The first kappa shape index (κ1) is 13.8. The summed E-state index contributed by atoms with van der Waals surface area (Å²) in [6.07, 6.45) is -0.645. The van der Waals surface area contributed by atoms with Crippen molar-refractivity contribution < 1.29 is 9.90 Å². The van der Waals surface area contributed by atoms with Gasteiger partial charge in [0.15, 0.2) is 0 Å². The van der Waals surface area contributed by atoms with Gasteiger partial charge in [0.25, 0.3) is 5.91 Å². The predicted octanol–water partition coefficient (Wildman–Crippen LogP) is 2.83. The van der Waals surface area contributed by atoms with Gasteiger partial charge < -0.3 is 10.4 Å². The Kier molecular flexibility index (Phi) is 4.35. The lowest BCUT2D eigenvalue weighted by molar-refractivity contribution is 0.0917. The first-order valence-corrected chi connectivity index (χ1v) is 7.03. The predicted molar refractivity (Wildman–Crippen MR) is 77.5 cm³/mol. The highest BCUT2D eigenvalue weighted by Crippen LogP contribution is 2.23. The van der Waals surface area contributed by atoms with Gasteiger partial charge in [-0.15, -0.1) is 11.3 Å². The molecule has 19 heavy (non-hydrogen) atoms. The fourth-order valence-corrected chi connectivity index (χ4v) is 2.84. The maximum absolute atomic E-state index is 12.0. The molecule has 0 radical (unpaired) electrons. The third-order valence-corrected chi connectivity index (χ3v) is 4.17. The summed E-state index contributed by atoms with van der Waals surface area (Å²) < 4.78 is 0. The van der Waals surface area contributed by atoms with Crippen molar-refractivity contribution >= 4 is 17.2 Å². The molecule has 2 rings (SSSR count). The molecule has 2 N–H and O–H groups in total. The van der Waals surface area contributed by atoms with Crippen LogP contribution in [-0.4, -0.2) is 17.6 Å². The molecule has 4 heteroatoms. The monoisotopic (exact) mass is 275 g/mol. The number of rotatable bonds is 4. The quantitative estimate of drug-likeness (QED) is 0.901. The zero-order valence-electron chi connectivity index (χ0n) is 11.0. The molecule has 0 saturated heterocycles. The minimum absolute atomic E-state index is 0.147. The molecule has 1 heterocycles. The van der Waals surface area contributed by atoms with Crippen LogP contribution < -0.4 is 5.32 Å². The van der Waals surface area contributed by atoms with Crippen LogP contribution >= 0.6 is 11.3 Å². The highest BCUT2D eigenvalue weighted by molar-refractivity contribution is 7.10. The number of benzene rings is 1. The Hall–Kier alpha value is -1.65. The van der Waals surface area contributed by atoms with Gasteiger partial charge in [-0.2, -0.15) is 0 Å². The molecule has 1 unspecified atom stereocenters. The van der Waals surface area contributed by atoms with Gasteiger partial charge in [-0.05, 0) is 42.5 Å². The third-order valence-electron chi connectivity index (χ3n) is 3.05. The number of carbonyl (C=O) groups is 1. The van der Waals surface area contributed by atoms with Gasteiger partial charge in [0.2, 0.25) is 0 Å². The van der Waals surface area contributed by atoms with Gasteiger partial charge in [0.05, 0.1) is 0 Å². The van der Waals surface area contributed by atoms with E-state index in [1.54, 1.807) is 6.07 Å². The summed E-state index contributed by atoms with van der Waals surface area (Å²) in [6, 6.07) is 9.38. The SMILES string of the molecule is Cc1ccccc1C(=O)NCC(O)c1sccc1C. The summed E-state index contributed by atoms with van der Waals surface area (Å²) in [4.78, 5) is 12.9. The highest BCUT2D eigenvalue weighted by Gasteiger charge is 2.14. The first-order valence-electron chi connectivity index (χ1n) is 6.15. The van der Waals surface area contributed by atoms with Gasteiger partial charge in [-0.25, -0.2) is 0 Å². The molecule has 0 spiro atoms. The number of thiophene rings is 1. The molecule has 0 saturated carbocycles. The summed E-state index contributed by atoms with van der Waals surface area (Å²) in [5.74, 6) is -0.147. The molecule has 1 atom stereocenters. The molecule has 0 aliphatic carbocycles. The largest absolute Gasteiger partial charge is 0.386 e. The number of hydrogen-bond donors (Lipinski definition) is 2. The van der Waals surface area contributed by atoms with E-state index in [0.717, 1.165) is 16.0 Å². The fourth-order valence-electron chi connectivity index (χ4n) is 1.93. The normalized spacial score (nSPS) is 12.2. The Labute approximate surface area is 116 Å². The summed E-state index contributed by atoms with van der Waals surface area (Å²) in [5.41, 5.74) is 2.64. The van der Waals surface area contributed by atoms with Gasteiger partial charge in [0.1, 0.15) is 6.10 Å². The molecule has 0 aliphatic rings. The zero-order valence-corrected chi connectivity index (χ0v) is 11.8. The maximum Gasteiger partial charge on any atom is 0.251 e. The number of amides is 1. The van der Waals surface area contributed by atoms with Crippen LogP contribution in [0.15, 0.2) is 35.7 Å². The molecule has 0 aliphatic heterocycles. The van der Waals surface area contributed by atoms with Crippen LogP contribution in [0.4, 0.5) is 0 Å². The molecule has 0 fully saturated rings. The van der Waals surface area contributed by atoms with E-state index < -0.39 is 6.10 Å². The van der Waals surface area contributed by atoms with E-state index in [9.17, 15) is 9.90 Å². The van der Waals surface area contributed by atoms with Crippen LogP contribution in [-0.2, 0) is 0 Å². The van der Waals surface area contributed by atoms with Gasteiger partial charge >= 0.3 is 0 Å². The van der Waals surface area contributed by atoms with E-state index in [1.165, 1.54) is 11.3 Å². The second-order valence-corrected chi connectivity index (χ2v) is 5.46. The lowest BCUT2D eigenvalue weighted by Crippen LogP contribution is -2.28. The number of aliphatic hydroxyl groups is 1. The van der Waals surface area contributed by atoms with E-state index >= 15 is 0 Å². The number of aliphatic hydroxyl groups excluding tert-OH is 1. The van der Waals surface area contributed by atoms with Gasteiger partial charge in [-0.3, -0.25) is 4.79 Å². The average Bonchev–Trinajstić information content (AvgIpc) is 2.82. The van der Waals surface area contributed by atoms with Crippen molar-refractivity contribution in [1.29, 1.82) is 0 Å². The zero-order chi connectivity index (χ0) is 13.8. The minimum atomic E-state index is -0.645. The van der Waals surface area contributed by atoms with E-state index in [4.69, 9.17) is 0 Å². The van der Waals surface area contributed by atoms with Crippen molar-refractivity contribution in [3.05, 3.63) is 57.3 Å². The Morgan fingerprint density at radius 1 is 1.26 bits per heavy atom. The van der Waals surface area contributed by atoms with E-state index in [2.05, 4.69) is 5.32 Å². The van der Waals surface area contributed by atoms with Crippen molar-refractivity contribution in [2.45, 2.75) is 20.0 Å². The van der Waals surface area contributed by atoms with Gasteiger partial charge in [0, 0.05) is 17.0 Å². The Morgan fingerprint density at radius 2 is 2.00 bits per heavy atom. The van der Waals surface area contributed by atoms with Crippen LogP contribution in [0.2, 0.25) is 0 Å². The molecule has 2 aromatic rings. The van der Waals surface area contributed by atoms with Crippen molar-refractivity contribution in [2.24, 2.45) is 0 Å². The second-order valence-electron chi connectivity index (χ2n) is 4.51. The Bertz CT molecular complexity index is 577. The molecular formula is C15H17NO2S. The number of carbonyl (C=O) groups excluding carboxylic acids is 1.